The van der Waals surface area contributed by atoms with E-state index >= 15 is 0 Å². The smallest absolute Gasteiger partial charge is 0.308 e. The second-order valence-electron chi connectivity index (χ2n) is 10.2. The molecule has 0 fully saturated rings. The highest BCUT2D eigenvalue weighted by molar-refractivity contribution is 5.71. The average Bonchev–Trinajstić information content (AvgIpc) is 2.94. The molecule has 4 aromatic rings. The summed E-state index contributed by atoms with van der Waals surface area (Å²) in [5.41, 5.74) is 6.46. The summed E-state index contributed by atoms with van der Waals surface area (Å²) in [5.74, 6) is 2.28. The fraction of sp³-hybridized carbons (Fsp3) is 0.257. The van der Waals surface area contributed by atoms with Crippen LogP contribution >= 0.6 is 0 Å². The summed E-state index contributed by atoms with van der Waals surface area (Å²) >= 11 is 0. The molecule has 0 saturated heterocycles. The number of benzene rings is 4. The van der Waals surface area contributed by atoms with E-state index in [9.17, 15) is 9.59 Å². The quantitative estimate of drug-likeness (QED) is 0.171. The molecule has 0 heterocycles. The van der Waals surface area contributed by atoms with Gasteiger partial charge in [0.05, 0.1) is 14.2 Å². The molecule has 0 radical (unpaired) electrons. The van der Waals surface area contributed by atoms with Gasteiger partial charge in [0, 0.05) is 19.3 Å². The summed E-state index contributed by atoms with van der Waals surface area (Å²) in [6.45, 7) is 11.2. The molecule has 0 aliphatic heterocycles. The molecule has 0 aliphatic rings. The lowest BCUT2D eigenvalue weighted by Crippen LogP contribution is -2.19. The van der Waals surface area contributed by atoms with Crippen molar-refractivity contribution in [1.82, 2.24) is 0 Å². The van der Waals surface area contributed by atoms with Gasteiger partial charge in [-0.2, -0.15) is 0 Å². The first-order valence-corrected chi connectivity index (χ1v) is 13.3. The Labute approximate surface area is 242 Å². The maximum atomic E-state index is 11.1. The Hall–Kier alpha value is -4.58. The van der Waals surface area contributed by atoms with Crippen molar-refractivity contribution in [3.05, 3.63) is 107 Å². The first kappa shape index (κ1) is 31.0. The van der Waals surface area contributed by atoms with Gasteiger partial charge in [-0.15, -0.1) is 0 Å². The Kier molecular flexibility index (Phi) is 10.3. The fourth-order valence-electron chi connectivity index (χ4n) is 4.41. The number of hydrogen-bond acceptors (Lipinski definition) is 6. The average molecular weight is 555 g/mol. The molecule has 0 aromatic heterocycles. The van der Waals surface area contributed by atoms with E-state index in [1.54, 1.807) is 26.4 Å². The largest absolute Gasteiger partial charge is 0.497 e. The van der Waals surface area contributed by atoms with Gasteiger partial charge in [-0.25, -0.2) is 0 Å². The van der Waals surface area contributed by atoms with Crippen LogP contribution in [0, 0.1) is 13.8 Å². The molecular weight excluding hydrogens is 516 g/mol. The summed E-state index contributed by atoms with van der Waals surface area (Å²) in [6, 6.07) is 27.4. The van der Waals surface area contributed by atoms with Crippen LogP contribution in [0.3, 0.4) is 0 Å². The molecule has 0 saturated carbocycles. The van der Waals surface area contributed by atoms with Crippen molar-refractivity contribution in [2.45, 2.75) is 47.0 Å². The zero-order chi connectivity index (χ0) is 30.2. The Morgan fingerprint density at radius 1 is 0.561 bits per heavy atom. The van der Waals surface area contributed by atoms with Gasteiger partial charge in [-0.05, 0) is 83.6 Å². The molecule has 0 bridgehead atoms. The van der Waals surface area contributed by atoms with E-state index < -0.39 is 0 Å². The number of esters is 2. The zero-order valence-electron chi connectivity index (χ0n) is 25.0. The molecule has 0 unspecified atom stereocenters. The van der Waals surface area contributed by atoms with Crippen molar-refractivity contribution >= 4 is 11.9 Å². The number of aryl methyl sites for hydroxylation is 2. The number of carbonyl (C=O) groups is 2. The summed E-state index contributed by atoms with van der Waals surface area (Å²) in [5, 5.41) is 0. The normalized spacial score (nSPS) is 10.6. The molecule has 6 heteroatoms. The van der Waals surface area contributed by atoms with Crippen molar-refractivity contribution in [1.29, 1.82) is 0 Å². The maximum absolute atomic E-state index is 11.1. The predicted molar refractivity (Wildman–Crippen MR) is 162 cm³/mol. The third kappa shape index (κ3) is 8.21. The van der Waals surface area contributed by atoms with Crippen molar-refractivity contribution in [2.75, 3.05) is 14.2 Å². The highest BCUT2D eigenvalue weighted by atomic mass is 16.5. The van der Waals surface area contributed by atoms with E-state index in [4.69, 9.17) is 18.9 Å². The topological polar surface area (TPSA) is 71.1 Å². The van der Waals surface area contributed by atoms with Crippen molar-refractivity contribution in [3.8, 4) is 34.1 Å². The second kappa shape index (κ2) is 13.7. The highest BCUT2D eigenvalue weighted by Gasteiger charge is 2.24. The number of hydrogen-bond donors (Lipinski definition) is 0. The second-order valence-corrected chi connectivity index (χ2v) is 10.2. The minimum atomic E-state index is -0.313. The third-order valence-corrected chi connectivity index (χ3v) is 6.81. The molecule has 0 aliphatic carbocycles. The summed E-state index contributed by atoms with van der Waals surface area (Å²) in [4.78, 5) is 21.9. The minimum absolute atomic E-state index is 0.156. The van der Waals surface area contributed by atoms with Crippen molar-refractivity contribution < 1.29 is 28.5 Å². The standard InChI is InChI=1S/C20H24O3.C15H14O3/c1-13-11-16(7-9-18(13)22-6)20(4,5)17-8-10-19(14(2)12-17)23-15(3)21;1-11(16)18-15-9-5-13(6-10-15)12-3-7-14(17-2)8-4-12/h7-12H,1-6H3;3-10H,1-2H3. The molecule has 4 aromatic carbocycles. The summed E-state index contributed by atoms with van der Waals surface area (Å²) < 4.78 is 20.6. The first-order chi connectivity index (χ1) is 19.4. The maximum Gasteiger partial charge on any atom is 0.308 e. The van der Waals surface area contributed by atoms with E-state index in [0.717, 1.165) is 33.8 Å². The summed E-state index contributed by atoms with van der Waals surface area (Å²) in [6.07, 6.45) is 0. The van der Waals surface area contributed by atoms with Crippen LogP contribution in [0.15, 0.2) is 84.9 Å². The Morgan fingerprint density at radius 2 is 1.00 bits per heavy atom. The lowest BCUT2D eigenvalue weighted by molar-refractivity contribution is -0.132. The van der Waals surface area contributed by atoms with Gasteiger partial charge >= 0.3 is 11.9 Å². The molecule has 41 heavy (non-hydrogen) atoms. The molecule has 0 spiro atoms. The van der Waals surface area contributed by atoms with Gasteiger partial charge < -0.3 is 18.9 Å². The van der Waals surface area contributed by atoms with Crippen LogP contribution in [0.4, 0.5) is 0 Å². The van der Waals surface area contributed by atoms with Gasteiger partial charge in [-0.1, -0.05) is 62.4 Å². The molecule has 214 valence electrons. The van der Waals surface area contributed by atoms with Crippen LogP contribution in [0.1, 0.15) is 49.9 Å². The van der Waals surface area contributed by atoms with Crippen molar-refractivity contribution in [3.63, 3.8) is 0 Å². The first-order valence-electron chi connectivity index (χ1n) is 13.3. The molecule has 0 atom stereocenters. The van der Waals surface area contributed by atoms with Crippen LogP contribution in [-0.2, 0) is 15.0 Å². The Morgan fingerprint density at radius 3 is 1.39 bits per heavy atom. The molecular formula is C35H38O6. The van der Waals surface area contributed by atoms with E-state index in [1.807, 2.05) is 68.4 Å². The Bertz CT molecular complexity index is 1480. The lowest BCUT2D eigenvalue weighted by Gasteiger charge is -2.27. The number of ether oxygens (including phenoxy) is 4. The van der Waals surface area contributed by atoms with Crippen LogP contribution in [0.25, 0.3) is 11.1 Å². The predicted octanol–water partition coefficient (Wildman–Crippen LogP) is 7.85. The monoisotopic (exact) mass is 554 g/mol. The van der Waals surface area contributed by atoms with Crippen LogP contribution in [0.2, 0.25) is 0 Å². The van der Waals surface area contributed by atoms with E-state index in [1.165, 1.54) is 25.0 Å². The van der Waals surface area contributed by atoms with Gasteiger partial charge in [0.2, 0.25) is 0 Å². The SMILES string of the molecule is COc1ccc(-c2ccc(OC(C)=O)cc2)cc1.COc1ccc(C(C)(C)c2ccc(OC(C)=O)c(C)c2)cc1C. The van der Waals surface area contributed by atoms with E-state index in [0.29, 0.717) is 11.5 Å². The highest BCUT2D eigenvalue weighted by Crippen LogP contribution is 2.36. The van der Waals surface area contributed by atoms with Crippen LogP contribution < -0.4 is 18.9 Å². The van der Waals surface area contributed by atoms with Gasteiger partial charge in [0.15, 0.2) is 0 Å². The Balaban J connectivity index is 0.000000232. The fourth-order valence-corrected chi connectivity index (χ4v) is 4.41. The van der Waals surface area contributed by atoms with Gasteiger partial charge in [-0.3, -0.25) is 9.59 Å². The number of carbonyl (C=O) groups excluding carboxylic acids is 2. The van der Waals surface area contributed by atoms with Crippen LogP contribution in [0.5, 0.6) is 23.0 Å². The zero-order valence-corrected chi connectivity index (χ0v) is 25.0. The molecule has 4 rings (SSSR count). The van der Waals surface area contributed by atoms with E-state index in [2.05, 4.69) is 32.0 Å². The van der Waals surface area contributed by atoms with Gasteiger partial charge in [0.1, 0.15) is 23.0 Å². The van der Waals surface area contributed by atoms with Crippen molar-refractivity contribution in [2.24, 2.45) is 0 Å². The van der Waals surface area contributed by atoms with Crippen LogP contribution in [-0.4, -0.2) is 26.2 Å². The minimum Gasteiger partial charge on any atom is -0.497 e. The molecule has 0 N–H and O–H groups in total. The third-order valence-electron chi connectivity index (χ3n) is 6.81. The molecule has 0 amide bonds. The van der Waals surface area contributed by atoms with E-state index in [-0.39, 0.29) is 17.4 Å². The summed E-state index contributed by atoms with van der Waals surface area (Å²) in [7, 11) is 3.33. The lowest BCUT2D eigenvalue weighted by atomic mass is 9.77. The molecule has 6 nitrogen and oxygen atoms in total. The number of rotatable bonds is 7. The number of methoxy groups -OCH3 is 2. The van der Waals surface area contributed by atoms with Gasteiger partial charge in [0.25, 0.3) is 0 Å².